The van der Waals surface area contributed by atoms with Crippen LogP contribution in [0.1, 0.15) is 160 Å². The Labute approximate surface area is 478 Å². The van der Waals surface area contributed by atoms with Crippen LogP contribution in [0.2, 0.25) is 0 Å². The lowest BCUT2D eigenvalue weighted by Gasteiger charge is -2.53. The number of aliphatic hydroxyl groups is 1. The van der Waals surface area contributed by atoms with Crippen LogP contribution in [0.25, 0.3) is 0 Å². The summed E-state index contributed by atoms with van der Waals surface area (Å²) in [5.74, 6) is -3.38. The smallest absolute Gasteiger partial charge is 0.445 e. The molecule has 9 atom stereocenters. The zero-order valence-electron chi connectivity index (χ0n) is 48.5. The number of hydrogen-bond donors (Lipinski definition) is 6. The zero-order chi connectivity index (χ0) is 59.7. The largest absolute Gasteiger partial charge is 0.453 e. The van der Waals surface area contributed by atoms with Crippen molar-refractivity contribution in [2.75, 3.05) is 50.6 Å². The van der Waals surface area contributed by atoms with Crippen LogP contribution < -0.4 is 31.7 Å². The van der Waals surface area contributed by atoms with Gasteiger partial charge in [0, 0.05) is 74.2 Å². The van der Waals surface area contributed by atoms with Gasteiger partial charge in [-0.1, -0.05) is 91.3 Å². The highest BCUT2D eigenvalue weighted by Crippen LogP contribution is 2.63. The third-order valence-electron chi connectivity index (χ3n) is 16.8. The van der Waals surface area contributed by atoms with Crippen molar-refractivity contribution in [3.05, 3.63) is 59.2 Å². The van der Waals surface area contributed by atoms with Crippen LogP contribution in [0, 0.1) is 29.1 Å². The predicted octanol–water partition coefficient (Wildman–Crippen LogP) is 10.6. The number of nitrogens with one attached hydrogen (secondary N) is 4. The number of nitrogens with zero attached hydrogens (tertiary/aromatic N) is 2. The fraction of sp³-hybridized carbons (Fsp3) is 0.712. The third kappa shape index (κ3) is 19.8. The Morgan fingerprint density at radius 3 is 2.11 bits per heavy atom. The first-order valence-corrected chi connectivity index (χ1v) is 30.6. The van der Waals surface area contributed by atoms with E-state index in [0.717, 1.165) is 77.0 Å². The predicted molar refractivity (Wildman–Crippen MR) is 303 cm³/mol. The average Bonchev–Trinajstić information content (AvgIpc) is 3.99. The number of halogens is 5. The minimum absolute atomic E-state index is 0.0351. The summed E-state index contributed by atoms with van der Waals surface area (Å²) in [5, 5.41) is 22.6. The quantitative estimate of drug-likeness (QED) is 0.0310. The summed E-state index contributed by atoms with van der Waals surface area (Å²) in [7, 11) is 1.75. The summed E-state index contributed by atoms with van der Waals surface area (Å²) in [6.07, 6.45) is 3.90. The van der Waals surface area contributed by atoms with Crippen LogP contribution in [0.4, 0.5) is 42.0 Å². The number of fused-ring (bicyclic) bond motifs is 5. The van der Waals surface area contributed by atoms with Gasteiger partial charge in [0.15, 0.2) is 0 Å². The highest BCUT2D eigenvalue weighted by Gasteiger charge is 2.57. The molecule has 2 saturated carbocycles. The van der Waals surface area contributed by atoms with Gasteiger partial charge in [0.25, 0.3) is 0 Å². The number of primary amides is 1. The van der Waals surface area contributed by atoms with Crippen molar-refractivity contribution in [3.63, 3.8) is 0 Å². The van der Waals surface area contributed by atoms with Crippen LogP contribution in [-0.2, 0) is 38.2 Å². The van der Waals surface area contributed by atoms with Crippen molar-refractivity contribution in [2.24, 2.45) is 34.8 Å². The molecular weight excluding hydrogens is 1080 g/mol. The number of carbonyl (C=O) groups excluding carboxylic acids is 5. The van der Waals surface area contributed by atoms with Gasteiger partial charge >= 0.3 is 30.3 Å². The lowest BCUT2D eigenvalue weighted by molar-refractivity contribution is -0.284. The molecule has 16 nitrogen and oxygen atoms in total. The molecular formula is C59H90F5N7O9S. The van der Waals surface area contributed by atoms with E-state index in [1.165, 1.54) is 20.9 Å². The third-order valence-corrected chi connectivity index (χ3v) is 18.3. The Balaban J connectivity index is 1.06. The molecule has 22 heteroatoms. The number of anilines is 1. The molecule has 2 aromatic rings. The van der Waals surface area contributed by atoms with E-state index >= 15 is 0 Å². The van der Waals surface area contributed by atoms with E-state index in [9.17, 15) is 55.2 Å². The molecule has 0 saturated heterocycles. The number of likely N-dealkylation sites (N-methyl/N-ethyl adjacent to an activating group) is 2. The van der Waals surface area contributed by atoms with Crippen LogP contribution in [0.5, 0.6) is 5.75 Å². The van der Waals surface area contributed by atoms with Gasteiger partial charge in [0.1, 0.15) is 18.4 Å². The maximum absolute atomic E-state index is 13.5. The van der Waals surface area contributed by atoms with Crippen LogP contribution in [0.3, 0.4) is 0 Å². The number of carbonyl (C=O) groups is 5. The highest BCUT2D eigenvalue weighted by molar-refractivity contribution is 7.84. The SMILES string of the molecule is CC(C)N[C@H](C(=O)N[C@@H](CCCNC(N)=O)C(=O)Nc1ccc(COC(=O)N(C)CCN(C)C(=O)Oc2ccc3c(c2)C[C@@H](CCCCCCCCCS(=O)CCCC(F)(F)C(F)(F)F)[C@@H]2[C@@H]3CC[C@]3(C)[C@@H](O)CC[C@@H]23)cc1)C(C)C. The van der Waals surface area contributed by atoms with Gasteiger partial charge in [-0.2, -0.15) is 22.0 Å². The summed E-state index contributed by atoms with van der Waals surface area (Å²) in [5.41, 5.74) is 8.67. The Bertz CT molecular complexity index is 2400. The number of rotatable bonds is 31. The first-order valence-electron chi connectivity index (χ1n) is 29.1. The molecule has 2 aromatic carbocycles. The average molecular weight is 1170 g/mol. The second-order valence-corrected chi connectivity index (χ2v) is 25.4. The number of nitrogens with two attached hydrogens (primary N) is 1. The number of hydrogen-bond acceptors (Lipinski definition) is 10. The summed E-state index contributed by atoms with van der Waals surface area (Å²) in [6, 6.07) is 10.6. The van der Waals surface area contributed by atoms with Gasteiger partial charge in [-0.05, 0) is 140 Å². The normalized spacial score (nSPS) is 21.7. The first kappa shape index (κ1) is 66.7. The molecule has 0 bridgehead atoms. The van der Waals surface area contributed by atoms with Crippen molar-refractivity contribution in [3.8, 4) is 5.75 Å². The van der Waals surface area contributed by atoms with E-state index in [2.05, 4.69) is 34.3 Å². The van der Waals surface area contributed by atoms with Crippen LogP contribution >= 0.6 is 0 Å². The van der Waals surface area contributed by atoms with Gasteiger partial charge in [-0.3, -0.25) is 13.8 Å². The monoisotopic (exact) mass is 1170 g/mol. The molecule has 5 rings (SSSR count). The summed E-state index contributed by atoms with van der Waals surface area (Å²) >= 11 is 0. The van der Waals surface area contributed by atoms with Crippen molar-refractivity contribution in [1.82, 2.24) is 25.8 Å². The topological polar surface area (TPSA) is 222 Å². The van der Waals surface area contributed by atoms with Crippen molar-refractivity contribution in [2.45, 2.75) is 193 Å². The molecule has 0 radical (unpaired) electrons. The number of urea groups is 1. The molecule has 7 N–H and O–H groups in total. The van der Waals surface area contributed by atoms with E-state index in [1.54, 1.807) is 38.4 Å². The van der Waals surface area contributed by atoms with Gasteiger partial charge in [-0.15, -0.1) is 0 Å². The van der Waals surface area contributed by atoms with E-state index in [0.29, 0.717) is 59.3 Å². The van der Waals surface area contributed by atoms with Gasteiger partial charge < -0.3 is 51.4 Å². The number of alkyl halides is 5. The lowest BCUT2D eigenvalue weighted by atomic mass is 9.52. The fourth-order valence-corrected chi connectivity index (χ4v) is 13.3. The first-order chi connectivity index (χ1) is 38.2. The number of unbranched alkanes of at least 4 members (excludes halogenated alkanes) is 6. The van der Waals surface area contributed by atoms with E-state index < -0.39 is 71.9 Å². The van der Waals surface area contributed by atoms with E-state index in [-0.39, 0.29) is 67.8 Å². The minimum atomic E-state index is -5.59. The van der Waals surface area contributed by atoms with Gasteiger partial charge in [-0.25, -0.2) is 14.4 Å². The Morgan fingerprint density at radius 2 is 1.47 bits per heavy atom. The molecule has 456 valence electrons. The number of ether oxygens (including phenoxy) is 2. The molecule has 0 aliphatic heterocycles. The molecule has 3 aliphatic rings. The second-order valence-electron chi connectivity index (χ2n) is 23.7. The van der Waals surface area contributed by atoms with Crippen molar-refractivity contribution >= 4 is 46.5 Å². The molecule has 3 aliphatic carbocycles. The Morgan fingerprint density at radius 1 is 0.827 bits per heavy atom. The molecule has 2 fully saturated rings. The molecule has 0 spiro atoms. The van der Waals surface area contributed by atoms with Gasteiger partial charge in [0.05, 0.1) is 12.1 Å². The summed E-state index contributed by atoms with van der Waals surface area (Å²) < 4.78 is 87.3. The Hall–Kier alpha value is -5.09. The molecule has 81 heavy (non-hydrogen) atoms. The number of amides is 6. The minimum Gasteiger partial charge on any atom is -0.445 e. The standard InChI is InChI=1S/C59H90F5N7O9S/c1-38(2)51(67-39(3)4)53(74)69-48(18-15-30-66-54(65)75)52(73)68-43-21-19-40(20-22-43)37-79-55(76)70(6)31-32-71(7)56(77)80-44-23-24-45-42(36-44)35-41(50-46(45)27-29-57(5)47(50)25-26-49(57)72)17-13-11-9-8-10-12-14-33-81(78)34-16-28-58(60,61)59(62,63)64/h19-24,36,38-39,41,46-51,67,72H,8-18,25-35,37H2,1-7H3,(H,68,73)(H,69,74)(H3,65,66,75)/t41-,46-,47+,48+,49+,50-,51+,57+,81?/m1/s1. The van der Waals surface area contributed by atoms with Gasteiger partial charge in [0.2, 0.25) is 11.8 Å². The number of benzene rings is 2. The van der Waals surface area contributed by atoms with E-state index in [1.807, 2.05) is 39.8 Å². The summed E-state index contributed by atoms with van der Waals surface area (Å²) in [4.78, 5) is 67.2. The highest BCUT2D eigenvalue weighted by atomic mass is 32.2. The molecule has 0 heterocycles. The maximum Gasteiger partial charge on any atom is 0.453 e. The zero-order valence-corrected chi connectivity index (χ0v) is 49.3. The molecule has 1 unspecified atom stereocenters. The Kier molecular flexibility index (Phi) is 25.5. The van der Waals surface area contributed by atoms with Crippen LogP contribution in [-0.4, -0.2) is 131 Å². The van der Waals surface area contributed by atoms with E-state index in [4.69, 9.17) is 15.2 Å². The fourth-order valence-electron chi connectivity index (χ4n) is 12.1. The lowest BCUT2D eigenvalue weighted by Crippen LogP contribution is -2.54. The molecule has 0 aromatic heterocycles. The maximum atomic E-state index is 13.5. The molecule has 6 amide bonds. The van der Waals surface area contributed by atoms with Crippen molar-refractivity contribution in [1.29, 1.82) is 0 Å². The summed E-state index contributed by atoms with van der Waals surface area (Å²) in [6.45, 7) is 10.5. The van der Waals surface area contributed by atoms with Crippen LogP contribution in [0.15, 0.2) is 42.5 Å². The second kappa shape index (κ2) is 31.0. The van der Waals surface area contributed by atoms with Crippen molar-refractivity contribution < 1.29 is 64.7 Å². The number of aliphatic hydroxyl groups excluding tert-OH is 1.